The number of hydrogen-bond donors (Lipinski definition) is 2. The Morgan fingerprint density at radius 3 is 2.33 bits per heavy atom. The van der Waals surface area contributed by atoms with E-state index >= 15 is 0 Å². The number of amides is 1. The number of carbonyl (C=O) groups is 1. The molecule has 0 aliphatic carbocycles. The van der Waals surface area contributed by atoms with Crippen LogP contribution in [0.25, 0.3) is 0 Å². The molecule has 3 atom stereocenters. The van der Waals surface area contributed by atoms with Gasteiger partial charge in [-0.05, 0) is 12.8 Å². The van der Waals surface area contributed by atoms with Crippen LogP contribution in [-0.2, 0) is 15.6 Å². The van der Waals surface area contributed by atoms with Crippen molar-refractivity contribution in [1.82, 2.24) is 5.32 Å². The van der Waals surface area contributed by atoms with E-state index in [1.807, 2.05) is 20.8 Å². The fourth-order valence-electron chi connectivity index (χ4n) is 0.897. The molecule has 0 aliphatic rings. The Morgan fingerprint density at radius 1 is 1.40 bits per heavy atom. The SMILES string of the molecule is CC(C)C(N)CC(=O)NCC(C)S(C)=O. The zero-order chi connectivity index (χ0) is 12.0. The number of hydrogen-bond acceptors (Lipinski definition) is 3. The molecule has 4 nitrogen and oxygen atoms in total. The second kappa shape index (κ2) is 6.95. The summed E-state index contributed by atoms with van der Waals surface area (Å²) >= 11 is 0. The van der Waals surface area contributed by atoms with Crippen LogP contribution in [0.1, 0.15) is 27.2 Å². The molecule has 0 aliphatic heterocycles. The highest BCUT2D eigenvalue weighted by Crippen LogP contribution is 2.02. The minimum absolute atomic E-state index is 0.00998. The van der Waals surface area contributed by atoms with Gasteiger partial charge in [-0.2, -0.15) is 0 Å². The van der Waals surface area contributed by atoms with E-state index in [1.54, 1.807) is 6.26 Å². The van der Waals surface area contributed by atoms with Gasteiger partial charge in [-0.1, -0.05) is 13.8 Å². The maximum absolute atomic E-state index is 11.4. The molecule has 0 heterocycles. The lowest BCUT2D eigenvalue weighted by atomic mass is 10.0. The summed E-state index contributed by atoms with van der Waals surface area (Å²) in [5.74, 6) is 0.238. The molecule has 15 heavy (non-hydrogen) atoms. The lowest BCUT2D eigenvalue weighted by Gasteiger charge is -2.16. The van der Waals surface area contributed by atoms with Crippen LogP contribution in [0.5, 0.6) is 0 Å². The molecule has 3 N–H and O–H groups in total. The third-order valence-electron chi connectivity index (χ3n) is 2.43. The van der Waals surface area contributed by atoms with Crippen molar-refractivity contribution in [3.05, 3.63) is 0 Å². The maximum atomic E-state index is 11.4. The average Bonchev–Trinajstić information content (AvgIpc) is 2.13. The first-order chi connectivity index (χ1) is 6.84. The van der Waals surface area contributed by atoms with Crippen molar-refractivity contribution in [2.45, 2.75) is 38.5 Å². The van der Waals surface area contributed by atoms with Gasteiger partial charge in [0.1, 0.15) is 0 Å². The molecule has 0 aromatic rings. The highest BCUT2D eigenvalue weighted by molar-refractivity contribution is 7.84. The zero-order valence-electron chi connectivity index (χ0n) is 9.95. The average molecular weight is 234 g/mol. The van der Waals surface area contributed by atoms with Crippen LogP contribution < -0.4 is 11.1 Å². The molecule has 0 saturated carbocycles. The molecule has 0 bridgehead atoms. The topological polar surface area (TPSA) is 72.2 Å². The van der Waals surface area contributed by atoms with Gasteiger partial charge in [0.25, 0.3) is 0 Å². The Bertz CT molecular complexity index is 231. The van der Waals surface area contributed by atoms with Gasteiger partial charge in [-0.3, -0.25) is 9.00 Å². The summed E-state index contributed by atoms with van der Waals surface area (Å²) in [6.45, 7) is 6.27. The Hall–Kier alpha value is -0.420. The van der Waals surface area contributed by atoms with Crippen molar-refractivity contribution in [3.8, 4) is 0 Å². The fraction of sp³-hybridized carbons (Fsp3) is 0.900. The van der Waals surface area contributed by atoms with E-state index in [0.717, 1.165) is 0 Å². The molecule has 0 aromatic heterocycles. The molecule has 0 fully saturated rings. The summed E-state index contributed by atoms with van der Waals surface area (Å²) < 4.78 is 11.0. The highest BCUT2D eigenvalue weighted by Gasteiger charge is 2.14. The van der Waals surface area contributed by atoms with Crippen LogP contribution >= 0.6 is 0 Å². The Balaban J connectivity index is 3.80. The van der Waals surface area contributed by atoms with Gasteiger partial charge in [0, 0.05) is 41.3 Å². The summed E-state index contributed by atoms with van der Waals surface area (Å²) in [4.78, 5) is 11.4. The lowest BCUT2D eigenvalue weighted by molar-refractivity contribution is -0.121. The Labute approximate surface area is 94.4 Å². The molecular weight excluding hydrogens is 212 g/mol. The van der Waals surface area contributed by atoms with Gasteiger partial charge in [0.2, 0.25) is 5.91 Å². The molecule has 1 amide bonds. The number of nitrogens with two attached hydrogens (primary N) is 1. The van der Waals surface area contributed by atoms with Crippen molar-refractivity contribution in [2.75, 3.05) is 12.8 Å². The standard InChI is InChI=1S/C10H22N2O2S/c1-7(2)9(11)5-10(13)12-6-8(3)15(4)14/h7-9H,5-6,11H2,1-4H3,(H,12,13). The Morgan fingerprint density at radius 2 is 1.93 bits per heavy atom. The summed E-state index contributed by atoms with van der Waals surface area (Å²) in [5.41, 5.74) is 5.76. The smallest absolute Gasteiger partial charge is 0.221 e. The third-order valence-corrected chi connectivity index (χ3v) is 3.73. The molecule has 0 aromatic carbocycles. The molecule has 5 heteroatoms. The molecule has 0 saturated heterocycles. The van der Waals surface area contributed by atoms with Crippen LogP contribution in [0.3, 0.4) is 0 Å². The predicted octanol–water partition coefficient (Wildman–Crippen LogP) is 0.243. The second-order valence-electron chi connectivity index (χ2n) is 4.23. The van der Waals surface area contributed by atoms with E-state index in [0.29, 0.717) is 18.9 Å². The van der Waals surface area contributed by atoms with Crippen LogP contribution in [0.15, 0.2) is 0 Å². The first-order valence-electron chi connectivity index (χ1n) is 5.19. The number of rotatable bonds is 6. The van der Waals surface area contributed by atoms with Gasteiger partial charge < -0.3 is 11.1 Å². The molecule has 3 unspecified atom stereocenters. The monoisotopic (exact) mass is 234 g/mol. The summed E-state index contributed by atoms with van der Waals surface area (Å²) in [7, 11) is -0.894. The molecule has 0 radical (unpaired) electrons. The highest BCUT2D eigenvalue weighted by atomic mass is 32.2. The zero-order valence-corrected chi connectivity index (χ0v) is 10.8. The maximum Gasteiger partial charge on any atom is 0.221 e. The normalized spacial score (nSPS) is 17.2. The van der Waals surface area contributed by atoms with E-state index in [9.17, 15) is 9.00 Å². The van der Waals surface area contributed by atoms with E-state index < -0.39 is 10.8 Å². The summed E-state index contributed by atoms with van der Waals surface area (Å²) in [6.07, 6.45) is 1.97. The first kappa shape index (κ1) is 14.6. The summed E-state index contributed by atoms with van der Waals surface area (Å²) in [6, 6.07) is -0.104. The fourth-order valence-corrected chi connectivity index (χ4v) is 1.21. The van der Waals surface area contributed by atoms with E-state index in [4.69, 9.17) is 5.73 Å². The van der Waals surface area contributed by atoms with Crippen LogP contribution in [0.4, 0.5) is 0 Å². The molecular formula is C10H22N2O2S. The van der Waals surface area contributed by atoms with E-state index in [2.05, 4.69) is 5.32 Å². The summed E-state index contributed by atoms with van der Waals surface area (Å²) in [5, 5.41) is 2.73. The van der Waals surface area contributed by atoms with Gasteiger partial charge >= 0.3 is 0 Å². The molecule has 0 spiro atoms. The van der Waals surface area contributed by atoms with E-state index in [-0.39, 0.29) is 17.2 Å². The minimum Gasteiger partial charge on any atom is -0.355 e. The minimum atomic E-state index is -0.894. The molecule has 0 rings (SSSR count). The van der Waals surface area contributed by atoms with Gasteiger partial charge in [-0.25, -0.2) is 0 Å². The van der Waals surface area contributed by atoms with Crippen LogP contribution in [0, 0.1) is 5.92 Å². The quantitative estimate of drug-likeness (QED) is 0.691. The largest absolute Gasteiger partial charge is 0.355 e. The lowest BCUT2D eigenvalue weighted by Crippen LogP contribution is -2.38. The Kier molecular flexibility index (Phi) is 6.76. The van der Waals surface area contributed by atoms with Crippen molar-refractivity contribution >= 4 is 16.7 Å². The third kappa shape index (κ3) is 6.62. The van der Waals surface area contributed by atoms with Gasteiger partial charge in [0.05, 0.1) is 0 Å². The van der Waals surface area contributed by atoms with E-state index in [1.165, 1.54) is 0 Å². The van der Waals surface area contributed by atoms with Crippen LogP contribution in [0.2, 0.25) is 0 Å². The van der Waals surface area contributed by atoms with Crippen molar-refractivity contribution in [1.29, 1.82) is 0 Å². The van der Waals surface area contributed by atoms with Gasteiger partial charge in [0.15, 0.2) is 0 Å². The van der Waals surface area contributed by atoms with Crippen molar-refractivity contribution in [2.24, 2.45) is 11.7 Å². The molecule has 90 valence electrons. The second-order valence-corrected chi connectivity index (χ2v) is 6.03. The number of nitrogens with one attached hydrogen (secondary N) is 1. The van der Waals surface area contributed by atoms with Gasteiger partial charge in [-0.15, -0.1) is 0 Å². The predicted molar refractivity (Wildman–Crippen MR) is 64.0 cm³/mol. The van der Waals surface area contributed by atoms with Crippen molar-refractivity contribution in [3.63, 3.8) is 0 Å². The first-order valence-corrected chi connectivity index (χ1v) is 6.81. The van der Waals surface area contributed by atoms with Crippen molar-refractivity contribution < 1.29 is 9.00 Å². The number of carbonyl (C=O) groups excluding carboxylic acids is 1. The van der Waals surface area contributed by atoms with Crippen LogP contribution in [-0.4, -0.2) is 34.2 Å².